The van der Waals surface area contributed by atoms with Crippen LogP contribution in [0.5, 0.6) is 5.75 Å². The summed E-state index contributed by atoms with van der Waals surface area (Å²) < 4.78 is 33.1. The van der Waals surface area contributed by atoms with Gasteiger partial charge in [0.25, 0.3) is 5.91 Å². The molecule has 0 spiro atoms. The maximum absolute atomic E-state index is 13.6. The van der Waals surface area contributed by atoms with E-state index in [0.717, 1.165) is 12.5 Å². The number of rotatable bonds is 8. The molecule has 0 unspecified atom stereocenters. The molecule has 0 aliphatic carbocycles. The first-order chi connectivity index (χ1) is 14.5. The third kappa shape index (κ3) is 6.16. The molecule has 0 bridgehead atoms. The third-order valence-corrected chi connectivity index (χ3v) is 4.56. The van der Waals surface area contributed by atoms with Crippen molar-refractivity contribution in [1.29, 1.82) is 0 Å². The Bertz CT molecular complexity index is 944. The second kappa shape index (κ2) is 9.76. The molecule has 1 heterocycles. The molecule has 2 rings (SSSR count). The molecule has 31 heavy (non-hydrogen) atoms. The maximum Gasteiger partial charge on any atom is 0.256 e. The smallest absolute Gasteiger partial charge is 0.256 e. The first kappa shape index (κ1) is 24.1. The fraction of sp³-hybridized carbons (Fsp3) is 0.391. The second-order valence-electron chi connectivity index (χ2n) is 7.76. The Hall–Kier alpha value is -3.16. The molecule has 8 heteroatoms. The molecule has 0 atom stereocenters. The van der Waals surface area contributed by atoms with Crippen LogP contribution in [0.3, 0.4) is 0 Å². The predicted octanol–water partition coefficient (Wildman–Crippen LogP) is 4.98. The fourth-order valence-electron chi connectivity index (χ4n) is 3.29. The molecular weight excluding hydrogens is 404 g/mol. The zero-order valence-electron chi connectivity index (χ0n) is 18.3. The van der Waals surface area contributed by atoms with Crippen LogP contribution < -0.4 is 21.1 Å². The fourth-order valence-corrected chi connectivity index (χ4v) is 3.29. The van der Waals surface area contributed by atoms with Gasteiger partial charge in [0.15, 0.2) is 5.75 Å². The number of anilines is 3. The number of halogens is 2. The summed E-state index contributed by atoms with van der Waals surface area (Å²) in [6.45, 7) is 9.65. The van der Waals surface area contributed by atoms with Crippen molar-refractivity contribution >= 4 is 28.9 Å². The van der Waals surface area contributed by atoms with Gasteiger partial charge in [-0.1, -0.05) is 24.8 Å². The van der Waals surface area contributed by atoms with Gasteiger partial charge < -0.3 is 21.1 Å². The van der Waals surface area contributed by atoms with E-state index in [1.807, 2.05) is 0 Å². The minimum Gasteiger partial charge on any atom is -0.487 e. The molecule has 168 valence electrons. The molecule has 2 amide bonds. The highest BCUT2D eigenvalue weighted by Gasteiger charge is 2.27. The lowest BCUT2D eigenvalue weighted by molar-refractivity contribution is -0.116. The number of ether oxygens (including phenoxy) is 1. The van der Waals surface area contributed by atoms with Crippen molar-refractivity contribution in [3.05, 3.63) is 47.6 Å². The van der Waals surface area contributed by atoms with Crippen molar-refractivity contribution in [3.63, 3.8) is 0 Å². The Balaban J connectivity index is 2.54. The molecule has 0 aromatic heterocycles. The molecule has 0 fully saturated rings. The van der Waals surface area contributed by atoms with Crippen molar-refractivity contribution in [2.45, 2.75) is 59.0 Å². The largest absolute Gasteiger partial charge is 0.487 e. The Labute approximate surface area is 181 Å². The first-order valence-electron chi connectivity index (χ1n) is 10.1. The third-order valence-electron chi connectivity index (χ3n) is 4.56. The molecular formula is C23H29F2N3O3. The van der Waals surface area contributed by atoms with E-state index in [0.29, 0.717) is 24.2 Å². The summed E-state index contributed by atoms with van der Waals surface area (Å²) >= 11 is 0. The molecule has 1 aromatic carbocycles. The molecule has 1 aliphatic rings. The van der Waals surface area contributed by atoms with Crippen LogP contribution in [0.2, 0.25) is 0 Å². The van der Waals surface area contributed by atoms with Crippen LogP contribution in [0.4, 0.5) is 25.8 Å². The molecule has 1 aliphatic heterocycles. The van der Waals surface area contributed by atoms with Gasteiger partial charge in [-0.05, 0) is 51.3 Å². The summed E-state index contributed by atoms with van der Waals surface area (Å²) in [5.74, 6) is -3.53. The number of benzene rings is 1. The van der Waals surface area contributed by atoms with Crippen LogP contribution in [-0.4, -0.2) is 23.8 Å². The van der Waals surface area contributed by atoms with E-state index >= 15 is 0 Å². The van der Waals surface area contributed by atoms with Crippen molar-refractivity contribution in [3.8, 4) is 5.75 Å². The second-order valence-corrected chi connectivity index (χ2v) is 7.76. The van der Waals surface area contributed by atoms with E-state index in [9.17, 15) is 18.4 Å². The van der Waals surface area contributed by atoms with E-state index in [-0.39, 0.29) is 34.6 Å². The van der Waals surface area contributed by atoms with Crippen molar-refractivity contribution < 1.29 is 23.1 Å². The molecule has 6 nitrogen and oxygen atoms in total. The zero-order chi connectivity index (χ0) is 23.3. The van der Waals surface area contributed by atoms with E-state index in [4.69, 9.17) is 10.5 Å². The number of alkyl halides is 2. The summed E-state index contributed by atoms with van der Waals surface area (Å²) in [5, 5.41) is 5.49. The minimum absolute atomic E-state index is 0.0686. The van der Waals surface area contributed by atoms with Gasteiger partial charge in [0.05, 0.1) is 17.5 Å². The van der Waals surface area contributed by atoms with Crippen LogP contribution in [0.1, 0.15) is 46.1 Å². The van der Waals surface area contributed by atoms with E-state index in [2.05, 4.69) is 17.2 Å². The van der Waals surface area contributed by atoms with Gasteiger partial charge in [0.2, 0.25) is 11.8 Å². The van der Waals surface area contributed by atoms with Crippen molar-refractivity contribution in [2.75, 3.05) is 16.4 Å². The number of carbonyl (C=O) groups is 2. The lowest BCUT2D eigenvalue weighted by Gasteiger charge is -2.25. The summed E-state index contributed by atoms with van der Waals surface area (Å²) in [7, 11) is 0. The van der Waals surface area contributed by atoms with Gasteiger partial charge in [-0.3, -0.25) is 9.59 Å². The zero-order valence-corrected chi connectivity index (χ0v) is 18.3. The predicted molar refractivity (Wildman–Crippen MR) is 119 cm³/mol. The lowest BCUT2D eigenvalue weighted by atomic mass is 9.98. The first-order valence-corrected chi connectivity index (χ1v) is 10.1. The molecule has 1 aromatic rings. The molecule has 4 N–H and O–H groups in total. The Morgan fingerprint density at radius 1 is 1.42 bits per heavy atom. The molecule has 0 saturated heterocycles. The number of carbonyl (C=O) groups excluding carboxylic acids is 2. The number of amides is 2. The number of nitrogens with one attached hydrogen (secondary N) is 2. The van der Waals surface area contributed by atoms with Crippen LogP contribution in [0.25, 0.3) is 0 Å². The highest BCUT2D eigenvalue weighted by molar-refractivity contribution is 6.09. The average Bonchev–Trinajstić information content (AvgIpc) is 2.67. The topological polar surface area (TPSA) is 93.5 Å². The number of nitrogen functional groups attached to an aromatic ring is 1. The van der Waals surface area contributed by atoms with Crippen LogP contribution in [-0.2, 0) is 16.0 Å². The van der Waals surface area contributed by atoms with Crippen LogP contribution in [0.15, 0.2) is 42.0 Å². The van der Waals surface area contributed by atoms with Gasteiger partial charge in [-0.15, -0.1) is 0 Å². The van der Waals surface area contributed by atoms with Crippen molar-refractivity contribution in [1.82, 2.24) is 0 Å². The highest BCUT2D eigenvalue weighted by atomic mass is 19.3. The number of nitrogens with two attached hydrogens (primary N) is 1. The van der Waals surface area contributed by atoms with E-state index in [1.54, 1.807) is 32.9 Å². The summed E-state index contributed by atoms with van der Waals surface area (Å²) in [5.41, 5.74) is 8.18. The Morgan fingerprint density at radius 2 is 2.10 bits per heavy atom. The number of aryl methyl sites for hydroxylation is 1. The van der Waals surface area contributed by atoms with Gasteiger partial charge in [0.1, 0.15) is 5.69 Å². The Morgan fingerprint density at radius 3 is 2.65 bits per heavy atom. The monoisotopic (exact) mass is 433 g/mol. The average molecular weight is 433 g/mol. The van der Waals surface area contributed by atoms with Crippen LogP contribution in [0, 0.1) is 0 Å². The lowest BCUT2D eigenvalue weighted by Crippen LogP contribution is -2.23. The minimum atomic E-state index is -3.00. The maximum atomic E-state index is 13.6. The van der Waals surface area contributed by atoms with Crippen LogP contribution >= 0.6 is 0 Å². The highest BCUT2D eigenvalue weighted by Crippen LogP contribution is 2.43. The molecule has 0 radical (unpaired) electrons. The molecule has 0 saturated carbocycles. The summed E-state index contributed by atoms with van der Waals surface area (Å²) in [4.78, 5) is 24.9. The number of hydrogen-bond donors (Lipinski definition) is 3. The number of allylic oxidation sites excluding steroid dienone is 3. The quantitative estimate of drug-likeness (QED) is 0.306. The van der Waals surface area contributed by atoms with Gasteiger partial charge in [-0.2, -0.15) is 0 Å². The van der Waals surface area contributed by atoms with Gasteiger partial charge >= 0.3 is 0 Å². The summed E-state index contributed by atoms with van der Waals surface area (Å²) in [6, 6.07) is 1.69. The van der Waals surface area contributed by atoms with E-state index < -0.39 is 18.3 Å². The Kier molecular flexibility index (Phi) is 7.60. The number of fused-ring (bicyclic) bond motifs is 1. The number of hydrogen-bond acceptors (Lipinski definition) is 4. The van der Waals surface area contributed by atoms with Gasteiger partial charge in [0, 0.05) is 18.4 Å². The SMILES string of the molecule is C=C/C(CC(C)(F)F)=C(\C=C/C)C(=O)Nc1cc2c(c(N)c1OC(C)C)NC(=O)CC2. The van der Waals surface area contributed by atoms with Gasteiger partial charge in [-0.25, -0.2) is 8.78 Å². The van der Waals surface area contributed by atoms with E-state index in [1.165, 1.54) is 12.2 Å². The standard InChI is InChI=1S/C23H29F2N3O3/c1-6-8-16(14(7-2)12-23(5,24)25)22(30)27-17-11-15-9-10-18(29)28-20(15)19(26)21(17)31-13(3)4/h6-8,11,13H,2,9-10,12,26H2,1,3-5H3,(H,27,30)(H,28,29)/b8-6-,16-14-. The van der Waals surface area contributed by atoms with Crippen molar-refractivity contribution in [2.24, 2.45) is 0 Å². The normalized spacial score (nSPS) is 14.7. The summed E-state index contributed by atoms with van der Waals surface area (Å²) in [6.07, 6.45) is 4.17.